The molecular weight excluding hydrogens is 360 g/mol. The van der Waals surface area contributed by atoms with Crippen molar-refractivity contribution in [3.63, 3.8) is 0 Å². The van der Waals surface area contributed by atoms with E-state index in [4.69, 9.17) is 5.14 Å². The molecule has 1 aromatic heterocycles. The molecule has 1 heterocycles. The van der Waals surface area contributed by atoms with Crippen LogP contribution in [0.3, 0.4) is 0 Å². The van der Waals surface area contributed by atoms with E-state index in [1.807, 2.05) is 0 Å². The average molecular weight is 373 g/mol. The Bertz CT molecular complexity index is 814. The van der Waals surface area contributed by atoms with Gasteiger partial charge in [-0.2, -0.15) is 5.10 Å². The van der Waals surface area contributed by atoms with Gasteiger partial charge in [-0.3, -0.25) is 9.48 Å². The van der Waals surface area contributed by atoms with E-state index in [0.717, 1.165) is 0 Å². The van der Waals surface area contributed by atoms with Crippen molar-refractivity contribution in [2.75, 3.05) is 5.32 Å². The van der Waals surface area contributed by atoms with E-state index in [1.165, 1.54) is 18.2 Å². The Balaban J connectivity index is 2.27. The Hall–Kier alpha value is -1.71. The van der Waals surface area contributed by atoms with Crippen molar-refractivity contribution in [2.45, 2.75) is 11.8 Å². The number of aryl methyl sites for hydroxylation is 2. The molecule has 1 aromatic carbocycles. The van der Waals surface area contributed by atoms with Crippen LogP contribution < -0.4 is 10.5 Å². The first kappa shape index (κ1) is 15.7. The predicted molar refractivity (Wildman–Crippen MR) is 81.4 cm³/mol. The van der Waals surface area contributed by atoms with Crippen LogP contribution >= 0.6 is 15.9 Å². The van der Waals surface area contributed by atoms with Gasteiger partial charge in [-0.05, 0) is 41.1 Å². The summed E-state index contributed by atoms with van der Waals surface area (Å²) in [4.78, 5) is 12.1. The van der Waals surface area contributed by atoms with Gasteiger partial charge in [0.25, 0.3) is 5.91 Å². The molecule has 0 fully saturated rings. The first-order valence-electron chi connectivity index (χ1n) is 5.82. The smallest absolute Gasteiger partial charge is 0.259 e. The fraction of sp³-hybridized carbons (Fsp3) is 0.167. The number of rotatable bonds is 3. The summed E-state index contributed by atoms with van der Waals surface area (Å²) in [7, 11) is -2.08. The van der Waals surface area contributed by atoms with Gasteiger partial charge >= 0.3 is 0 Å². The third-order valence-corrected chi connectivity index (χ3v) is 4.64. The van der Waals surface area contributed by atoms with Gasteiger partial charge in [0, 0.05) is 23.4 Å². The molecule has 7 nitrogen and oxygen atoms in total. The first-order valence-corrected chi connectivity index (χ1v) is 8.16. The molecule has 2 aromatic rings. The number of primary sulfonamides is 1. The van der Waals surface area contributed by atoms with Crippen molar-refractivity contribution in [1.29, 1.82) is 0 Å². The van der Waals surface area contributed by atoms with E-state index in [2.05, 4.69) is 26.3 Å². The third kappa shape index (κ3) is 3.49. The van der Waals surface area contributed by atoms with E-state index in [1.54, 1.807) is 24.9 Å². The summed E-state index contributed by atoms with van der Waals surface area (Å²) in [5.74, 6) is -0.323. The zero-order chi connectivity index (χ0) is 15.8. The van der Waals surface area contributed by atoms with Gasteiger partial charge in [0.05, 0.1) is 16.2 Å². The predicted octanol–water partition coefficient (Wildman–Crippen LogP) is 1.39. The maximum Gasteiger partial charge on any atom is 0.259 e. The second-order valence-corrected chi connectivity index (χ2v) is 6.83. The Morgan fingerprint density at radius 2 is 2.10 bits per heavy atom. The van der Waals surface area contributed by atoms with Gasteiger partial charge in [0.1, 0.15) is 0 Å². The molecule has 2 rings (SSSR count). The average Bonchev–Trinajstić information content (AvgIpc) is 2.67. The van der Waals surface area contributed by atoms with Crippen molar-refractivity contribution >= 4 is 37.5 Å². The molecule has 0 radical (unpaired) electrons. The SMILES string of the molecule is Cc1nn(C)cc1C(=O)Nc1ccc(S(N)(=O)=O)c(Br)c1. The standard InChI is InChI=1S/C12H13BrN4O3S/c1-7-9(6-17(2)16-7)12(18)15-8-3-4-11(10(13)5-8)21(14,19)20/h3-6H,1-2H3,(H,15,18)(H2,14,19,20). The molecule has 112 valence electrons. The summed E-state index contributed by atoms with van der Waals surface area (Å²) >= 11 is 3.12. The Morgan fingerprint density at radius 3 is 2.57 bits per heavy atom. The van der Waals surface area contributed by atoms with Gasteiger partial charge in [-0.25, -0.2) is 13.6 Å². The van der Waals surface area contributed by atoms with Crippen LogP contribution in [0.15, 0.2) is 33.8 Å². The number of halogens is 1. The number of aromatic nitrogens is 2. The van der Waals surface area contributed by atoms with Crippen LogP contribution in [0.1, 0.15) is 16.1 Å². The summed E-state index contributed by atoms with van der Waals surface area (Å²) < 4.78 is 24.4. The van der Waals surface area contributed by atoms with Crippen LogP contribution in [0.5, 0.6) is 0 Å². The molecule has 0 spiro atoms. The molecule has 9 heteroatoms. The highest BCUT2D eigenvalue weighted by Gasteiger charge is 2.15. The molecule has 3 N–H and O–H groups in total. The van der Waals surface area contributed by atoms with Crippen LogP contribution in [-0.2, 0) is 17.1 Å². The number of benzene rings is 1. The number of carbonyl (C=O) groups is 1. The molecule has 0 aliphatic heterocycles. The summed E-state index contributed by atoms with van der Waals surface area (Å²) in [6.45, 7) is 1.73. The second-order valence-electron chi connectivity index (χ2n) is 4.45. The van der Waals surface area contributed by atoms with Crippen LogP contribution in [0.2, 0.25) is 0 Å². The van der Waals surface area contributed by atoms with Crippen molar-refractivity contribution in [1.82, 2.24) is 9.78 Å². The topological polar surface area (TPSA) is 107 Å². The molecule has 0 saturated carbocycles. The van der Waals surface area contributed by atoms with Crippen molar-refractivity contribution in [3.05, 3.63) is 40.1 Å². The Morgan fingerprint density at radius 1 is 1.43 bits per heavy atom. The minimum Gasteiger partial charge on any atom is -0.322 e. The lowest BCUT2D eigenvalue weighted by molar-refractivity contribution is 0.102. The van der Waals surface area contributed by atoms with E-state index in [0.29, 0.717) is 16.9 Å². The first-order chi connectivity index (χ1) is 9.68. The minimum absolute atomic E-state index is 0.0435. The lowest BCUT2D eigenvalue weighted by Crippen LogP contribution is -2.14. The monoisotopic (exact) mass is 372 g/mol. The van der Waals surface area contributed by atoms with Crippen molar-refractivity contribution < 1.29 is 13.2 Å². The molecular formula is C12H13BrN4O3S. The zero-order valence-electron chi connectivity index (χ0n) is 11.3. The fourth-order valence-electron chi connectivity index (χ4n) is 1.83. The van der Waals surface area contributed by atoms with Gasteiger partial charge in [0.15, 0.2) is 0 Å². The number of anilines is 1. The molecule has 21 heavy (non-hydrogen) atoms. The fourth-order valence-corrected chi connectivity index (χ4v) is 3.47. The zero-order valence-corrected chi connectivity index (χ0v) is 13.7. The summed E-state index contributed by atoms with van der Waals surface area (Å²) in [6, 6.07) is 4.27. The van der Waals surface area contributed by atoms with Gasteiger partial charge < -0.3 is 5.32 Å². The number of hydrogen-bond donors (Lipinski definition) is 2. The number of sulfonamides is 1. The highest BCUT2D eigenvalue weighted by atomic mass is 79.9. The number of amides is 1. The quantitative estimate of drug-likeness (QED) is 0.848. The largest absolute Gasteiger partial charge is 0.322 e. The van der Waals surface area contributed by atoms with E-state index >= 15 is 0 Å². The van der Waals surface area contributed by atoms with Crippen molar-refractivity contribution in [3.8, 4) is 0 Å². The van der Waals surface area contributed by atoms with Crippen molar-refractivity contribution in [2.24, 2.45) is 12.2 Å². The third-order valence-electron chi connectivity index (χ3n) is 2.75. The molecule has 0 bridgehead atoms. The maximum absolute atomic E-state index is 12.1. The molecule has 1 amide bonds. The Labute approximate surface area is 130 Å². The minimum atomic E-state index is -3.81. The van der Waals surface area contributed by atoms with Crippen LogP contribution in [0.25, 0.3) is 0 Å². The lowest BCUT2D eigenvalue weighted by Gasteiger charge is -2.07. The highest BCUT2D eigenvalue weighted by Crippen LogP contribution is 2.25. The van der Waals surface area contributed by atoms with E-state index in [9.17, 15) is 13.2 Å². The molecule has 0 atom stereocenters. The Kier molecular flexibility index (Phi) is 4.17. The van der Waals surface area contributed by atoms with Crippen LogP contribution in [0, 0.1) is 6.92 Å². The lowest BCUT2D eigenvalue weighted by atomic mass is 10.2. The molecule has 0 unspecified atom stereocenters. The number of hydrogen-bond acceptors (Lipinski definition) is 4. The number of nitrogens with zero attached hydrogens (tertiary/aromatic N) is 2. The molecule has 0 aliphatic carbocycles. The van der Waals surface area contributed by atoms with Gasteiger partial charge in [-0.15, -0.1) is 0 Å². The number of carbonyl (C=O) groups excluding carboxylic acids is 1. The summed E-state index contributed by atoms with van der Waals surface area (Å²) in [5.41, 5.74) is 1.50. The number of nitrogens with two attached hydrogens (primary N) is 1. The molecule has 0 aliphatic rings. The maximum atomic E-state index is 12.1. The van der Waals surface area contributed by atoms with Crippen LogP contribution in [0.4, 0.5) is 5.69 Å². The van der Waals surface area contributed by atoms with Gasteiger partial charge in [0.2, 0.25) is 10.0 Å². The van der Waals surface area contributed by atoms with Crippen LogP contribution in [-0.4, -0.2) is 24.1 Å². The second kappa shape index (κ2) is 5.58. The molecule has 0 saturated heterocycles. The van der Waals surface area contributed by atoms with E-state index < -0.39 is 10.0 Å². The van der Waals surface area contributed by atoms with Gasteiger partial charge in [-0.1, -0.05) is 0 Å². The highest BCUT2D eigenvalue weighted by molar-refractivity contribution is 9.10. The number of nitrogens with one attached hydrogen (secondary N) is 1. The normalized spacial score (nSPS) is 11.4. The van der Waals surface area contributed by atoms with E-state index in [-0.39, 0.29) is 15.3 Å². The summed E-state index contributed by atoms with van der Waals surface area (Å²) in [6.07, 6.45) is 1.61. The summed E-state index contributed by atoms with van der Waals surface area (Å²) in [5, 5.41) is 11.8.